The summed E-state index contributed by atoms with van der Waals surface area (Å²) < 4.78 is 22.2. The minimum Gasteiger partial charge on any atom is -0.444 e. The second kappa shape index (κ2) is 22.5. The van der Waals surface area contributed by atoms with E-state index in [2.05, 4.69) is 65.3 Å². The number of amides is 3. The number of ether oxygens (including phenoxy) is 4. The molecule has 0 spiro atoms. The van der Waals surface area contributed by atoms with Crippen LogP contribution in [0.5, 0.6) is 0 Å². The third kappa shape index (κ3) is 12.6. The van der Waals surface area contributed by atoms with E-state index in [0.29, 0.717) is 84.2 Å². The number of nitrogens with one attached hydrogen (secondary N) is 2. The molecule has 0 saturated carbocycles. The van der Waals surface area contributed by atoms with Crippen molar-refractivity contribution in [1.82, 2.24) is 20.4 Å². The Labute approximate surface area is 357 Å². The summed E-state index contributed by atoms with van der Waals surface area (Å²) in [5.41, 5.74) is 11.9. The summed E-state index contributed by atoms with van der Waals surface area (Å²) >= 11 is 0. The van der Waals surface area contributed by atoms with Crippen molar-refractivity contribution >= 4 is 23.6 Å². The maximum absolute atomic E-state index is 13.8. The number of unbranched alkanes of at least 4 members (excludes halogenated alkanes) is 4. The van der Waals surface area contributed by atoms with Gasteiger partial charge in [-0.2, -0.15) is 0 Å². The van der Waals surface area contributed by atoms with E-state index in [9.17, 15) is 14.4 Å². The molecular formula is C47H69N5O8. The number of nitrogens with two attached hydrogens (primary N) is 1. The van der Waals surface area contributed by atoms with Crippen LogP contribution in [0.25, 0.3) is 0 Å². The number of aliphatic hydroxyl groups excluding tert-OH is 1. The van der Waals surface area contributed by atoms with Gasteiger partial charge in [0.25, 0.3) is 0 Å². The zero-order chi connectivity index (χ0) is 43.1. The fourth-order valence-electron chi connectivity index (χ4n) is 8.82. The molecule has 330 valence electrons. The van der Waals surface area contributed by atoms with Gasteiger partial charge in [-0.15, -0.1) is 0 Å². The number of likely N-dealkylation sites (N-methyl/N-ethyl adjacent to an activating group) is 2. The number of hydrogen-bond donors (Lipinski definition) is 4. The Morgan fingerprint density at radius 3 is 2.23 bits per heavy atom. The van der Waals surface area contributed by atoms with Gasteiger partial charge in [0.05, 0.1) is 46.4 Å². The summed E-state index contributed by atoms with van der Waals surface area (Å²) in [5, 5.41) is 15.0. The van der Waals surface area contributed by atoms with Gasteiger partial charge < -0.3 is 45.3 Å². The first-order valence-electron chi connectivity index (χ1n) is 21.8. The van der Waals surface area contributed by atoms with Gasteiger partial charge in [0.2, 0.25) is 11.8 Å². The fourth-order valence-corrected chi connectivity index (χ4v) is 8.82. The summed E-state index contributed by atoms with van der Waals surface area (Å²) in [6.45, 7) is 9.97. The molecule has 2 bridgehead atoms. The Hall–Kier alpha value is -4.27. The molecule has 2 aromatic rings. The van der Waals surface area contributed by atoms with Crippen LogP contribution in [0, 0.1) is 11.8 Å². The van der Waals surface area contributed by atoms with Crippen molar-refractivity contribution in [2.45, 2.75) is 89.1 Å². The second-order valence-corrected chi connectivity index (χ2v) is 17.3. The van der Waals surface area contributed by atoms with Gasteiger partial charge in [-0.3, -0.25) is 14.5 Å². The standard InChI is InChI=1S/C47H69N5O8/c1-46(2,3)60-45(56)49-22-12-8-6-7-9-15-42(54)50-35-17-19-38-41(32-35)47(39-14-11-10-13-36(39)44(38)37-18-16-34(48)31-40(37)47)21-20-43(55)52(5)24-26-58-28-30-59-29-27-57-25-23-51(4)33-53/h10-11,13-14,16-19,31-32,38,41,44,53H,6-9,12,15,20-30,33,48H2,1-5H3,(H,49,56)(H,50,54). The van der Waals surface area contributed by atoms with Crippen molar-refractivity contribution in [2.24, 2.45) is 11.8 Å². The molecule has 2 aromatic carbocycles. The van der Waals surface area contributed by atoms with Crippen LogP contribution in [0.2, 0.25) is 0 Å². The van der Waals surface area contributed by atoms with Gasteiger partial charge in [0.15, 0.2) is 0 Å². The van der Waals surface area contributed by atoms with Gasteiger partial charge in [0, 0.05) is 68.2 Å². The monoisotopic (exact) mass is 832 g/mol. The Morgan fingerprint density at radius 1 is 0.833 bits per heavy atom. The van der Waals surface area contributed by atoms with Gasteiger partial charge >= 0.3 is 6.09 Å². The molecule has 5 N–H and O–H groups in total. The van der Waals surface area contributed by atoms with E-state index in [-0.39, 0.29) is 36.3 Å². The Bertz CT molecular complexity index is 1790. The number of hydrogen-bond acceptors (Lipinski definition) is 10. The van der Waals surface area contributed by atoms with Crippen molar-refractivity contribution in [3.05, 3.63) is 88.6 Å². The number of nitrogen functional groups attached to an aromatic ring is 1. The lowest BCUT2D eigenvalue weighted by Gasteiger charge is -2.58. The molecule has 13 heteroatoms. The van der Waals surface area contributed by atoms with E-state index in [1.165, 1.54) is 22.3 Å². The van der Waals surface area contributed by atoms with Crippen LogP contribution in [0.15, 0.2) is 66.4 Å². The largest absolute Gasteiger partial charge is 0.444 e. The lowest BCUT2D eigenvalue weighted by Crippen LogP contribution is -2.52. The number of rotatable bonds is 25. The first-order valence-corrected chi connectivity index (χ1v) is 21.8. The molecule has 4 aliphatic rings. The minimum absolute atomic E-state index is 0.00160. The third-order valence-corrected chi connectivity index (χ3v) is 11.8. The number of carbonyl (C=O) groups is 3. The number of allylic oxidation sites excluding steroid dienone is 3. The maximum atomic E-state index is 13.8. The third-order valence-electron chi connectivity index (χ3n) is 11.8. The highest BCUT2D eigenvalue weighted by atomic mass is 16.6. The highest BCUT2D eigenvalue weighted by molar-refractivity contribution is 5.79. The number of nitrogens with zero attached hydrogens (tertiary/aromatic N) is 2. The predicted octanol–water partition coefficient (Wildman–Crippen LogP) is 5.85. The zero-order valence-corrected chi connectivity index (χ0v) is 36.5. The molecule has 60 heavy (non-hydrogen) atoms. The number of alkyl carbamates (subject to hydrolysis) is 1. The first kappa shape index (κ1) is 46.8. The van der Waals surface area contributed by atoms with Crippen LogP contribution in [-0.2, 0) is 34.0 Å². The normalized spacial score (nSPS) is 19.9. The minimum atomic E-state index is -0.525. The van der Waals surface area contributed by atoms with E-state index in [1.54, 1.807) is 9.80 Å². The quantitative estimate of drug-likeness (QED) is 0.0542. The highest BCUT2D eigenvalue weighted by Crippen LogP contribution is 2.64. The molecule has 4 unspecified atom stereocenters. The number of benzene rings is 2. The van der Waals surface area contributed by atoms with Gasteiger partial charge in [-0.25, -0.2) is 4.79 Å². The summed E-state index contributed by atoms with van der Waals surface area (Å²) in [6, 6.07) is 14.9. The predicted molar refractivity (Wildman–Crippen MR) is 233 cm³/mol. The average Bonchev–Trinajstić information content (AvgIpc) is 3.21. The van der Waals surface area contributed by atoms with Crippen molar-refractivity contribution < 1.29 is 38.4 Å². The Morgan fingerprint density at radius 2 is 1.50 bits per heavy atom. The van der Waals surface area contributed by atoms with Gasteiger partial charge in [-0.05, 0) is 93.5 Å². The van der Waals surface area contributed by atoms with E-state index < -0.39 is 17.1 Å². The molecule has 4 atom stereocenters. The van der Waals surface area contributed by atoms with Crippen LogP contribution in [-0.4, -0.2) is 119 Å². The molecule has 3 amide bonds. The Balaban J connectivity index is 1.15. The summed E-state index contributed by atoms with van der Waals surface area (Å²) in [4.78, 5) is 42.4. The fraction of sp³-hybridized carbons (Fsp3) is 0.596. The number of aliphatic hydroxyl groups is 1. The van der Waals surface area contributed by atoms with Gasteiger partial charge in [-0.1, -0.05) is 61.7 Å². The topological polar surface area (TPSA) is 165 Å². The number of carbonyl (C=O) groups excluding carboxylic acids is 3. The molecule has 0 aliphatic heterocycles. The summed E-state index contributed by atoms with van der Waals surface area (Å²) in [7, 11) is 3.65. The molecule has 13 nitrogen and oxygen atoms in total. The number of anilines is 1. The molecular weight excluding hydrogens is 763 g/mol. The highest BCUT2D eigenvalue weighted by Gasteiger charge is 2.58. The van der Waals surface area contributed by atoms with Crippen molar-refractivity contribution in [3.63, 3.8) is 0 Å². The molecule has 0 saturated heterocycles. The van der Waals surface area contributed by atoms with Gasteiger partial charge in [0.1, 0.15) is 5.60 Å². The van der Waals surface area contributed by atoms with Crippen molar-refractivity contribution in [3.8, 4) is 0 Å². The van der Waals surface area contributed by atoms with E-state index >= 15 is 0 Å². The van der Waals surface area contributed by atoms with Crippen molar-refractivity contribution in [2.75, 3.05) is 85.8 Å². The second-order valence-electron chi connectivity index (χ2n) is 17.3. The summed E-state index contributed by atoms with van der Waals surface area (Å²) in [5.74, 6) is 0.343. The molecule has 0 aromatic heterocycles. The molecule has 4 aliphatic carbocycles. The molecule has 0 fully saturated rings. The van der Waals surface area contributed by atoms with E-state index in [1.807, 2.05) is 40.9 Å². The SMILES string of the molecule is CN(CO)CCOCCOCCOCCN(C)C(=O)CCC12c3ccccc3C(c3ccc(N)cc31)C1C=CC(NC(=O)CCCCCCCNC(=O)OC(C)(C)C)=CC12. The lowest BCUT2D eigenvalue weighted by molar-refractivity contribution is -0.131. The summed E-state index contributed by atoms with van der Waals surface area (Å²) in [6.07, 6.45) is 12.1. The van der Waals surface area contributed by atoms with Crippen LogP contribution in [0.3, 0.4) is 0 Å². The molecule has 6 rings (SSSR count). The maximum Gasteiger partial charge on any atom is 0.407 e. The van der Waals surface area contributed by atoms with Crippen molar-refractivity contribution in [1.29, 1.82) is 0 Å². The smallest absolute Gasteiger partial charge is 0.407 e. The van der Waals surface area contributed by atoms with Crippen LogP contribution >= 0.6 is 0 Å². The van der Waals surface area contributed by atoms with Crippen LogP contribution in [0.1, 0.15) is 100 Å². The lowest BCUT2D eigenvalue weighted by atomic mass is 9.45. The Kier molecular flexibility index (Phi) is 17.6. The van der Waals surface area contributed by atoms with Crippen LogP contribution < -0.4 is 16.4 Å². The van der Waals surface area contributed by atoms with E-state index in [0.717, 1.165) is 37.8 Å². The van der Waals surface area contributed by atoms with Crippen LogP contribution in [0.4, 0.5) is 10.5 Å². The first-order chi connectivity index (χ1) is 28.8. The molecule has 0 radical (unpaired) electrons. The molecule has 0 heterocycles. The average molecular weight is 832 g/mol. The van der Waals surface area contributed by atoms with E-state index in [4.69, 9.17) is 29.8 Å². The zero-order valence-electron chi connectivity index (χ0n) is 36.5.